The number of aromatic nitrogens is 2. The molecule has 0 N–H and O–H groups in total. The number of benzene rings is 1. The van der Waals surface area contributed by atoms with Gasteiger partial charge in [-0.05, 0) is 31.9 Å². The standard InChI is InChI=1S/C14H16N2S/c1-3-4-7-11-10(2)16-12-8-5-6-9-13(12)17-14(16)15-11/h5-6,8-9H,3-4,7H2,1-2H3. The minimum Gasteiger partial charge on any atom is -0.287 e. The molecular formula is C14H16N2S. The first-order valence-electron chi connectivity index (χ1n) is 6.16. The Balaban J connectivity index is 2.21. The minimum atomic E-state index is 1.10. The van der Waals surface area contributed by atoms with E-state index >= 15 is 0 Å². The van der Waals surface area contributed by atoms with E-state index < -0.39 is 0 Å². The first kappa shape index (κ1) is 10.8. The third-order valence-corrected chi connectivity index (χ3v) is 4.27. The van der Waals surface area contributed by atoms with E-state index in [1.165, 1.54) is 34.4 Å². The molecule has 2 heterocycles. The third kappa shape index (κ3) is 1.65. The van der Waals surface area contributed by atoms with Crippen LogP contribution >= 0.6 is 11.3 Å². The normalized spacial score (nSPS) is 11.6. The van der Waals surface area contributed by atoms with Crippen LogP contribution in [0.5, 0.6) is 0 Å². The van der Waals surface area contributed by atoms with Gasteiger partial charge in [-0.2, -0.15) is 0 Å². The van der Waals surface area contributed by atoms with Gasteiger partial charge in [0.05, 0.1) is 15.9 Å². The van der Waals surface area contributed by atoms with Gasteiger partial charge < -0.3 is 0 Å². The van der Waals surface area contributed by atoms with Gasteiger partial charge >= 0.3 is 0 Å². The molecule has 0 aliphatic heterocycles. The molecule has 2 aromatic heterocycles. The van der Waals surface area contributed by atoms with Crippen molar-refractivity contribution in [1.82, 2.24) is 9.38 Å². The summed E-state index contributed by atoms with van der Waals surface area (Å²) in [7, 11) is 0. The van der Waals surface area contributed by atoms with Crippen LogP contribution in [0.1, 0.15) is 31.2 Å². The number of rotatable bonds is 3. The summed E-state index contributed by atoms with van der Waals surface area (Å²) in [5.74, 6) is 0. The second-order valence-corrected chi connectivity index (χ2v) is 5.44. The van der Waals surface area contributed by atoms with E-state index in [2.05, 4.69) is 42.5 Å². The van der Waals surface area contributed by atoms with Gasteiger partial charge in [0, 0.05) is 5.69 Å². The highest BCUT2D eigenvalue weighted by atomic mass is 32.1. The molecule has 0 bridgehead atoms. The van der Waals surface area contributed by atoms with Gasteiger partial charge in [0.2, 0.25) is 0 Å². The number of hydrogen-bond acceptors (Lipinski definition) is 2. The summed E-state index contributed by atoms with van der Waals surface area (Å²) < 4.78 is 3.62. The maximum atomic E-state index is 4.77. The predicted octanol–water partition coefficient (Wildman–Crippen LogP) is 4.20. The van der Waals surface area contributed by atoms with Crippen molar-refractivity contribution in [2.45, 2.75) is 33.1 Å². The van der Waals surface area contributed by atoms with Crippen molar-refractivity contribution >= 4 is 26.5 Å². The Hall–Kier alpha value is -1.35. The number of nitrogens with zero attached hydrogens (tertiary/aromatic N) is 2. The molecule has 2 nitrogen and oxygen atoms in total. The van der Waals surface area contributed by atoms with Crippen LogP contribution in [-0.4, -0.2) is 9.38 Å². The Kier molecular flexibility index (Phi) is 2.63. The average molecular weight is 244 g/mol. The molecule has 0 aliphatic rings. The largest absolute Gasteiger partial charge is 0.287 e. The van der Waals surface area contributed by atoms with Crippen molar-refractivity contribution in [3.63, 3.8) is 0 Å². The van der Waals surface area contributed by atoms with E-state index in [9.17, 15) is 0 Å². The highest BCUT2D eigenvalue weighted by Crippen LogP contribution is 2.28. The van der Waals surface area contributed by atoms with E-state index in [0.717, 1.165) is 11.4 Å². The molecule has 0 saturated carbocycles. The van der Waals surface area contributed by atoms with Crippen molar-refractivity contribution in [2.75, 3.05) is 0 Å². The van der Waals surface area contributed by atoms with Crippen LogP contribution in [0.25, 0.3) is 15.2 Å². The SMILES string of the molecule is CCCCc1nc2sc3ccccc3n2c1C. The molecule has 3 aromatic rings. The summed E-state index contributed by atoms with van der Waals surface area (Å²) in [6.45, 7) is 4.41. The van der Waals surface area contributed by atoms with Gasteiger partial charge in [0.15, 0.2) is 4.96 Å². The second-order valence-electron chi connectivity index (χ2n) is 4.44. The average Bonchev–Trinajstić information content (AvgIpc) is 2.84. The number of para-hydroxylation sites is 1. The van der Waals surface area contributed by atoms with Crippen molar-refractivity contribution in [3.05, 3.63) is 35.7 Å². The van der Waals surface area contributed by atoms with Gasteiger partial charge in [-0.25, -0.2) is 4.98 Å². The summed E-state index contributed by atoms with van der Waals surface area (Å²) in [5.41, 5.74) is 3.87. The number of hydrogen-bond donors (Lipinski definition) is 0. The molecule has 1 aromatic carbocycles. The second kappa shape index (κ2) is 4.15. The molecule has 0 spiro atoms. The van der Waals surface area contributed by atoms with Gasteiger partial charge in [0.1, 0.15) is 0 Å². The van der Waals surface area contributed by atoms with Crippen LogP contribution in [0.15, 0.2) is 24.3 Å². The lowest BCUT2D eigenvalue weighted by molar-refractivity contribution is 0.776. The number of aryl methyl sites for hydroxylation is 2. The van der Waals surface area contributed by atoms with Crippen LogP contribution in [0, 0.1) is 6.92 Å². The third-order valence-electron chi connectivity index (χ3n) is 3.25. The van der Waals surface area contributed by atoms with Crippen molar-refractivity contribution in [2.24, 2.45) is 0 Å². The molecule has 17 heavy (non-hydrogen) atoms. The summed E-state index contributed by atoms with van der Waals surface area (Å²) in [4.78, 5) is 5.90. The number of fused-ring (bicyclic) bond motifs is 3. The Bertz CT molecular complexity index is 663. The summed E-state index contributed by atoms with van der Waals surface area (Å²) in [6.07, 6.45) is 3.56. The van der Waals surface area contributed by atoms with Gasteiger partial charge in [-0.1, -0.05) is 36.8 Å². The zero-order valence-electron chi connectivity index (χ0n) is 10.2. The van der Waals surface area contributed by atoms with E-state index in [-0.39, 0.29) is 0 Å². The van der Waals surface area contributed by atoms with Crippen LogP contribution in [0.4, 0.5) is 0 Å². The Morgan fingerprint density at radius 1 is 1.29 bits per heavy atom. The monoisotopic (exact) mass is 244 g/mol. The fraction of sp³-hybridized carbons (Fsp3) is 0.357. The highest BCUT2D eigenvalue weighted by molar-refractivity contribution is 7.23. The number of imidazole rings is 1. The first-order valence-corrected chi connectivity index (χ1v) is 6.98. The minimum absolute atomic E-state index is 1.10. The Morgan fingerprint density at radius 2 is 2.12 bits per heavy atom. The number of thiazole rings is 1. The van der Waals surface area contributed by atoms with Gasteiger partial charge in [0.25, 0.3) is 0 Å². The van der Waals surface area contributed by atoms with Crippen molar-refractivity contribution in [3.8, 4) is 0 Å². The van der Waals surface area contributed by atoms with Gasteiger partial charge in [-0.3, -0.25) is 4.40 Å². The molecule has 0 unspecified atom stereocenters. The molecule has 0 amide bonds. The number of unbranched alkanes of at least 4 members (excludes halogenated alkanes) is 1. The van der Waals surface area contributed by atoms with Crippen LogP contribution in [0.3, 0.4) is 0 Å². The molecule has 0 radical (unpaired) electrons. The molecule has 0 saturated heterocycles. The lowest BCUT2D eigenvalue weighted by Crippen LogP contribution is -1.90. The highest BCUT2D eigenvalue weighted by Gasteiger charge is 2.12. The lowest BCUT2D eigenvalue weighted by atomic mass is 10.2. The van der Waals surface area contributed by atoms with Crippen LogP contribution in [-0.2, 0) is 6.42 Å². The first-order chi connectivity index (χ1) is 8.31. The summed E-state index contributed by atoms with van der Waals surface area (Å²) >= 11 is 1.78. The Labute approximate surface area is 105 Å². The summed E-state index contributed by atoms with van der Waals surface area (Å²) in [6, 6.07) is 8.53. The van der Waals surface area contributed by atoms with Crippen molar-refractivity contribution in [1.29, 1.82) is 0 Å². The molecular weight excluding hydrogens is 228 g/mol. The maximum Gasteiger partial charge on any atom is 0.195 e. The van der Waals surface area contributed by atoms with Gasteiger partial charge in [-0.15, -0.1) is 0 Å². The van der Waals surface area contributed by atoms with E-state index in [4.69, 9.17) is 4.98 Å². The fourth-order valence-electron chi connectivity index (χ4n) is 2.28. The predicted molar refractivity (Wildman–Crippen MR) is 73.9 cm³/mol. The molecule has 0 atom stereocenters. The van der Waals surface area contributed by atoms with Crippen molar-refractivity contribution < 1.29 is 0 Å². The molecule has 0 aliphatic carbocycles. The molecule has 3 heteroatoms. The molecule has 3 rings (SSSR count). The fourth-order valence-corrected chi connectivity index (χ4v) is 3.37. The zero-order chi connectivity index (χ0) is 11.8. The van der Waals surface area contributed by atoms with Crippen LogP contribution in [0.2, 0.25) is 0 Å². The van der Waals surface area contributed by atoms with E-state index in [0.29, 0.717) is 0 Å². The lowest BCUT2D eigenvalue weighted by Gasteiger charge is -1.98. The maximum absolute atomic E-state index is 4.77. The van der Waals surface area contributed by atoms with E-state index in [1.807, 2.05) is 0 Å². The summed E-state index contributed by atoms with van der Waals surface area (Å²) in [5, 5.41) is 0. The van der Waals surface area contributed by atoms with E-state index in [1.54, 1.807) is 11.3 Å². The smallest absolute Gasteiger partial charge is 0.195 e. The van der Waals surface area contributed by atoms with Crippen LogP contribution < -0.4 is 0 Å². The topological polar surface area (TPSA) is 17.3 Å². The molecule has 0 fully saturated rings. The zero-order valence-corrected chi connectivity index (χ0v) is 11.0. The quantitative estimate of drug-likeness (QED) is 0.675. The molecule has 88 valence electrons. The Morgan fingerprint density at radius 3 is 2.94 bits per heavy atom.